The molecule has 0 spiro atoms. The average Bonchev–Trinajstić information content (AvgIpc) is 3.34. The van der Waals surface area contributed by atoms with E-state index in [1.165, 1.54) is 17.7 Å². The molecule has 5 rings (SSSR count). The maximum Gasteiger partial charge on any atom is 0.221 e. The van der Waals surface area contributed by atoms with Crippen LogP contribution in [0.4, 0.5) is 8.78 Å². The van der Waals surface area contributed by atoms with Crippen LogP contribution in [0.1, 0.15) is 54.4 Å². The Morgan fingerprint density at radius 2 is 1.81 bits per heavy atom. The van der Waals surface area contributed by atoms with Crippen LogP contribution >= 0.6 is 0 Å². The number of aromatic nitrogens is 1. The normalized spacial score (nSPS) is 15.6. The van der Waals surface area contributed by atoms with Crippen molar-refractivity contribution in [2.24, 2.45) is 0 Å². The molecular formula is C31H33F2N3O. The number of carbonyl (C=O) groups is 1. The standard InChI is InChI=1S/C31H33F2N3O/c1-2-22-9-6-10-26-28(19-34-31(22)26)27(25-12-11-23(32)17-29(25)33)18-30(37)35-24-13-15-36(16-14-24)20-21-7-4-3-5-8-21/h3-12,17,19,24,27,34H,2,13-16,18,20H2,1H3,(H,35,37)/t27-/m1/s1. The van der Waals surface area contributed by atoms with E-state index in [2.05, 4.69) is 52.5 Å². The van der Waals surface area contributed by atoms with Crippen molar-refractivity contribution < 1.29 is 13.6 Å². The van der Waals surface area contributed by atoms with E-state index in [0.29, 0.717) is 5.56 Å². The third-order valence-corrected chi connectivity index (χ3v) is 7.52. The van der Waals surface area contributed by atoms with Crippen LogP contribution in [0.5, 0.6) is 0 Å². The highest BCUT2D eigenvalue weighted by Gasteiger charge is 2.27. The number of likely N-dealkylation sites (tertiary alicyclic amines) is 1. The van der Waals surface area contributed by atoms with Gasteiger partial charge in [-0.25, -0.2) is 8.78 Å². The molecule has 3 aromatic carbocycles. The molecule has 2 heterocycles. The molecule has 4 aromatic rings. The van der Waals surface area contributed by atoms with Crippen molar-refractivity contribution in [3.63, 3.8) is 0 Å². The van der Waals surface area contributed by atoms with Crippen LogP contribution in [-0.4, -0.2) is 34.9 Å². The Kier molecular flexibility index (Phi) is 7.65. The van der Waals surface area contributed by atoms with Crippen LogP contribution in [0.15, 0.2) is 72.9 Å². The molecule has 1 aromatic heterocycles. The Hall–Kier alpha value is -3.51. The van der Waals surface area contributed by atoms with Gasteiger partial charge in [0.25, 0.3) is 0 Å². The summed E-state index contributed by atoms with van der Waals surface area (Å²) < 4.78 is 28.7. The van der Waals surface area contributed by atoms with Crippen LogP contribution in [-0.2, 0) is 17.8 Å². The average molecular weight is 502 g/mol. The number of fused-ring (bicyclic) bond motifs is 1. The van der Waals surface area contributed by atoms with Crippen molar-refractivity contribution in [1.29, 1.82) is 0 Å². The molecular weight excluding hydrogens is 468 g/mol. The lowest BCUT2D eigenvalue weighted by Gasteiger charge is -2.32. The quantitative estimate of drug-likeness (QED) is 0.297. The molecule has 0 radical (unpaired) electrons. The lowest BCUT2D eigenvalue weighted by molar-refractivity contribution is -0.122. The van der Waals surface area contributed by atoms with Gasteiger partial charge in [0, 0.05) is 61.2 Å². The van der Waals surface area contributed by atoms with E-state index in [1.807, 2.05) is 24.4 Å². The predicted octanol–water partition coefficient (Wildman–Crippen LogP) is 6.31. The maximum absolute atomic E-state index is 15.0. The summed E-state index contributed by atoms with van der Waals surface area (Å²) in [4.78, 5) is 19.0. The van der Waals surface area contributed by atoms with Crippen molar-refractivity contribution in [3.8, 4) is 0 Å². The summed E-state index contributed by atoms with van der Waals surface area (Å²) >= 11 is 0. The van der Waals surface area contributed by atoms with Crippen LogP contribution in [0, 0.1) is 11.6 Å². The van der Waals surface area contributed by atoms with Crippen molar-refractivity contribution >= 4 is 16.8 Å². The lowest BCUT2D eigenvalue weighted by Crippen LogP contribution is -2.44. The Morgan fingerprint density at radius 1 is 1.03 bits per heavy atom. The van der Waals surface area contributed by atoms with Crippen LogP contribution in [0.3, 0.4) is 0 Å². The lowest BCUT2D eigenvalue weighted by atomic mass is 9.87. The Labute approximate surface area is 216 Å². The molecule has 6 heteroatoms. The molecule has 1 saturated heterocycles. The molecule has 1 amide bonds. The molecule has 4 nitrogen and oxygen atoms in total. The number of rotatable bonds is 8. The number of H-pyrrole nitrogens is 1. The summed E-state index contributed by atoms with van der Waals surface area (Å²) in [5, 5.41) is 4.16. The van der Waals surface area contributed by atoms with E-state index in [-0.39, 0.29) is 18.4 Å². The van der Waals surface area contributed by atoms with Crippen molar-refractivity contribution in [2.75, 3.05) is 13.1 Å². The van der Waals surface area contributed by atoms with E-state index < -0.39 is 17.6 Å². The molecule has 0 saturated carbocycles. The maximum atomic E-state index is 15.0. The number of amides is 1. The molecule has 0 bridgehead atoms. The number of carbonyl (C=O) groups excluding carboxylic acids is 1. The van der Waals surface area contributed by atoms with Crippen molar-refractivity contribution in [3.05, 3.63) is 107 Å². The molecule has 1 fully saturated rings. The van der Waals surface area contributed by atoms with Gasteiger partial charge in [-0.05, 0) is 47.6 Å². The molecule has 1 aliphatic rings. The van der Waals surface area contributed by atoms with Gasteiger partial charge in [-0.1, -0.05) is 61.5 Å². The van der Waals surface area contributed by atoms with Gasteiger partial charge in [0.1, 0.15) is 11.6 Å². The second kappa shape index (κ2) is 11.3. The van der Waals surface area contributed by atoms with E-state index in [1.54, 1.807) is 0 Å². The third kappa shape index (κ3) is 5.75. The molecule has 192 valence electrons. The van der Waals surface area contributed by atoms with E-state index in [4.69, 9.17) is 0 Å². The zero-order valence-electron chi connectivity index (χ0n) is 21.1. The number of hydrogen-bond acceptors (Lipinski definition) is 2. The van der Waals surface area contributed by atoms with Crippen LogP contribution in [0.25, 0.3) is 10.9 Å². The highest BCUT2D eigenvalue weighted by Crippen LogP contribution is 2.36. The van der Waals surface area contributed by atoms with Crippen LogP contribution in [0.2, 0.25) is 0 Å². The number of piperidine rings is 1. The molecule has 37 heavy (non-hydrogen) atoms. The first-order valence-corrected chi connectivity index (χ1v) is 13.1. The fraction of sp³-hybridized carbons (Fsp3) is 0.323. The van der Waals surface area contributed by atoms with Gasteiger partial charge in [0.15, 0.2) is 0 Å². The fourth-order valence-electron chi connectivity index (χ4n) is 5.54. The van der Waals surface area contributed by atoms with Crippen molar-refractivity contribution in [1.82, 2.24) is 15.2 Å². The number of aromatic amines is 1. The van der Waals surface area contributed by atoms with Crippen molar-refractivity contribution in [2.45, 2.75) is 51.1 Å². The number of nitrogens with zero attached hydrogens (tertiary/aromatic N) is 1. The summed E-state index contributed by atoms with van der Waals surface area (Å²) in [7, 11) is 0. The first-order valence-electron chi connectivity index (χ1n) is 13.1. The third-order valence-electron chi connectivity index (χ3n) is 7.52. The minimum Gasteiger partial charge on any atom is -0.361 e. The summed E-state index contributed by atoms with van der Waals surface area (Å²) in [6, 6.07) is 20.2. The largest absolute Gasteiger partial charge is 0.361 e. The summed E-state index contributed by atoms with van der Waals surface area (Å²) in [5.41, 5.74) is 4.63. The van der Waals surface area contributed by atoms with E-state index in [9.17, 15) is 13.6 Å². The predicted molar refractivity (Wildman–Crippen MR) is 143 cm³/mol. The molecule has 1 aliphatic heterocycles. The van der Waals surface area contributed by atoms with Crippen LogP contribution < -0.4 is 5.32 Å². The number of aryl methyl sites for hydroxylation is 1. The highest BCUT2D eigenvalue weighted by molar-refractivity contribution is 5.88. The number of nitrogens with one attached hydrogen (secondary N) is 2. The summed E-state index contributed by atoms with van der Waals surface area (Å²) in [5.74, 6) is -1.90. The zero-order valence-corrected chi connectivity index (χ0v) is 21.1. The number of benzene rings is 3. The first-order chi connectivity index (χ1) is 18.0. The Morgan fingerprint density at radius 3 is 2.54 bits per heavy atom. The number of para-hydroxylation sites is 1. The minimum absolute atomic E-state index is 0.0906. The Bertz CT molecular complexity index is 1360. The van der Waals surface area contributed by atoms with E-state index in [0.717, 1.165) is 67.0 Å². The summed E-state index contributed by atoms with van der Waals surface area (Å²) in [6.45, 7) is 4.83. The summed E-state index contributed by atoms with van der Waals surface area (Å²) in [6.07, 6.45) is 4.57. The molecule has 0 unspecified atom stereocenters. The second-order valence-electron chi connectivity index (χ2n) is 9.96. The molecule has 1 atom stereocenters. The second-order valence-corrected chi connectivity index (χ2v) is 9.96. The van der Waals surface area contributed by atoms with Gasteiger partial charge >= 0.3 is 0 Å². The van der Waals surface area contributed by atoms with Gasteiger partial charge in [-0.15, -0.1) is 0 Å². The zero-order chi connectivity index (χ0) is 25.8. The minimum atomic E-state index is -0.631. The topological polar surface area (TPSA) is 48.1 Å². The fourth-order valence-corrected chi connectivity index (χ4v) is 5.54. The number of hydrogen-bond donors (Lipinski definition) is 2. The molecule has 0 aliphatic carbocycles. The van der Waals surface area contributed by atoms with Gasteiger partial charge < -0.3 is 10.3 Å². The highest BCUT2D eigenvalue weighted by atomic mass is 19.1. The van der Waals surface area contributed by atoms with Gasteiger partial charge in [0.2, 0.25) is 5.91 Å². The SMILES string of the molecule is CCc1cccc2c([C@H](CC(=O)NC3CCN(Cc4ccccc4)CC3)c3ccc(F)cc3F)c[nH]c12. The van der Waals surface area contributed by atoms with E-state index >= 15 is 0 Å². The Balaban J connectivity index is 1.31. The smallest absolute Gasteiger partial charge is 0.221 e. The monoisotopic (exact) mass is 501 g/mol. The number of halogens is 2. The van der Waals surface area contributed by atoms with Gasteiger partial charge in [0.05, 0.1) is 0 Å². The van der Waals surface area contributed by atoms with Gasteiger partial charge in [-0.3, -0.25) is 9.69 Å². The molecule has 2 N–H and O–H groups in total. The first kappa shape index (κ1) is 25.2. The van der Waals surface area contributed by atoms with Gasteiger partial charge in [-0.2, -0.15) is 0 Å².